The average Bonchev–Trinajstić information content (AvgIpc) is 2.30. The Balaban J connectivity index is 4.52. The lowest BCUT2D eigenvalue weighted by atomic mass is 10.1. The highest BCUT2D eigenvalue weighted by Crippen LogP contribution is 2.22. The highest BCUT2D eigenvalue weighted by molar-refractivity contribution is 5.42. The van der Waals surface area contributed by atoms with E-state index in [-0.39, 0.29) is 6.42 Å². The second-order valence-electron chi connectivity index (χ2n) is 3.55. The maximum Gasteiger partial charge on any atom is 0.277 e. The summed E-state index contributed by atoms with van der Waals surface area (Å²) in [6.07, 6.45) is 8.79. The van der Waals surface area contributed by atoms with Crippen LogP contribution in [0, 0.1) is 0 Å². The van der Waals surface area contributed by atoms with E-state index in [4.69, 9.17) is 0 Å². The Kier molecular flexibility index (Phi) is 8.35. The van der Waals surface area contributed by atoms with Crippen molar-refractivity contribution in [1.82, 2.24) is 0 Å². The smallest absolute Gasteiger partial charge is 0.211 e. The largest absolute Gasteiger partial charge is 0.277 e. The number of hydrogen-bond donors (Lipinski definition) is 0. The Bertz CT molecular complexity index is 317. The third kappa shape index (κ3) is 6.33. The molecule has 0 amide bonds. The maximum atomic E-state index is 10.2. The molecule has 0 spiro atoms. The second-order valence-corrected chi connectivity index (χ2v) is 3.55. The van der Waals surface area contributed by atoms with E-state index in [9.17, 15) is 14.4 Å². The predicted molar refractivity (Wildman–Crippen MR) is 60.5 cm³/mol. The normalized spacial score (nSPS) is 12.5. The monoisotopic (exact) mass is 237 g/mol. The molecule has 0 aliphatic rings. The molecule has 0 bridgehead atoms. The first-order valence-corrected chi connectivity index (χ1v) is 5.51. The van der Waals surface area contributed by atoms with E-state index in [0.717, 1.165) is 25.7 Å². The van der Waals surface area contributed by atoms with Crippen LogP contribution in [0.2, 0.25) is 0 Å². The van der Waals surface area contributed by atoms with Crippen LogP contribution in [0.1, 0.15) is 45.4 Å². The Hall–Kier alpha value is -1.86. The van der Waals surface area contributed by atoms with Crippen LogP contribution in [0.4, 0.5) is 0 Å². The predicted octanol–water partition coefficient (Wildman–Crippen LogP) is 2.01. The van der Waals surface area contributed by atoms with E-state index in [1.165, 1.54) is 18.2 Å². The average molecular weight is 237 g/mol. The molecule has 0 aliphatic carbocycles. The molecule has 0 aromatic rings. The van der Waals surface area contributed by atoms with Crippen LogP contribution >= 0.6 is 0 Å². The zero-order valence-electron chi connectivity index (χ0n) is 9.81. The van der Waals surface area contributed by atoms with Gasteiger partial charge in [0.25, 0.3) is 5.79 Å². The van der Waals surface area contributed by atoms with Gasteiger partial charge in [0.05, 0.1) is 0 Å². The summed E-state index contributed by atoms with van der Waals surface area (Å²) >= 11 is 0. The van der Waals surface area contributed by atoms with Gasteiger partial charge in [0.2, 0.25) is 18.2 Å². The van der Waals surface area contributed by atoms with Crippen molar-refractivity contribution in [3.63, 3.8) is 0 Å². The molecule has 6 heteroatoms. The summed E-state index contributed by atoms with van der Waals surface area (Å²) in [5, 5.41) is 0. The number of carbonyl (C=O) groups excluding carboxylic acids is 3. The highest BCUT2D eigenvalue weighted by Gasteiger charge is 2.28. The zero-order valence-corrected chi connectivity index (χ0v) is 9.81. The molecule has 0 aromatic carbocycles. The first kappa shape index (κ1) is 15.1. The molecule has 0 rings (SSSR count). The number of aliphatic imine (C=N–C) groups is 3. The van der Waals surface area contributed by atoms with E-state index >= 15 is 0 Å². The minimum atomic E-state index is -1.70. The van der Waals surface area contributed by atoms with Gasteiger partial charge in [-0.2, -0.15) is 15.0 Å². The van der Waals surface area contributed by atoms with Gasteiger partial charge in [-0.25, -0.2) is 14.4 Å². The fourth-order valence-corrected chi connectivity index (χ4v) is 1.43. The number of rotatable bonds is 9. The summed E-state index contributed by atoms with van der Waals surface area (Å²) in [6.45, 7) is 2.09. The second kappa shape index (κ2) is 9.37. The topological polar surface area (TPSA) is 88.3 Å². The lowest BCUT2D eigenvalue weighted by Crippen LogP contribution is -2.20. The molecule has 0 N–H and O–H groups in total. The molecule has 0 atom stereocenters. The van der Waals surface area contributed by atoms with Crippen molar-refractivity contribution in [3.05, 3.63) is 0 Å². The van der Waals surface area contributed by atoms with Crippen LogP contribution in [-0.4, -0.2) is 24.0 Å². The van der Waals surface area contributed by atoms with Crippen molar-refractivity contribution < 1.29 is 14.4 Å². The minimum absolute atomic E-state index is 0.205. The molecule has 17 heavy (non-hydrogen) atoms. The van der Waals surface area contributed by atoms with Gasteiger partial charge in [-0.3, -0.25) is 0 Å². The lowest BCUT2D eigenvalue weighted by molar-refractivity contribution is 0.399. The first-order chi connectivity index (χ1) is 8.24. The number of isocyanates is 3. The van der Waals surface area contributed by atoms with Gasteiger partial charge < -0.3 is 0 Å². The molecule has 92 valence electrons. The molecule has 0 unspecified atom stereocenters. The summed E-state index contributed by atoms with van der Waals surface area (Å²) in [6, 6.07) is 0. The molecule has 0 saturated carbocycles. The molecule has 0 aromatic heterocycles. The summed E-state index contributed by atoms with van der Waals surface area (Å²) in [7, 11) is 0. The van der Waals surface area contributed by atoms with Crippen molar-refractivity contribution in [2.24, 2.45) is 15.0 Å². The van der Waals surface area contributed by atoms with E-state index < -0.39 is 5.79 Å². The van der Waals surface area contributed by atoms with E-state index in [1.54, 1.807) is 0 Å². The van der Waals surface area contributed by atoms with Crippen LogP contribution in [0.25, 0.3) is 0 Å². The molecule has 6 nitrogen and oxygen atoms in total. The SMILES string of the molecule is CCCCCCCC(N=C=O)(N=C=O)N=C=O. The van der Waals surface area contributed by atoms with E-state index in [1.807, 2.05) is 0 Å². The standard InChI is InChI=1S/C11H15N3O3/c1-2-3-4-5-6-7-11(12-8-15,13-9-16)14-10-17/h2-7H2,1H3. The molecule has 0 saturated heterocycles. The van der Waals surface area contributed by atoms with Gasteiger partial charge in [-0.15, -0.1) is 0 Å². The number of unbranched alkanes of at least 4 members (excludes halogenated alkanes) is 4. The van der Waals surface area contributed by atoms with Gasteiger partial charge in [-0.05, 0) is 6.42 Å². The third-order valence-corrected chi connectivity index (χ3v) is 2.29. The van der Waals surface area contributed by atoms with Gasteiger partial charge in [0.15, 0.2) is 0 Å². The molecule has 0 fully saturated rings. The van der Waals surface area contributed by atoms with Crippen LogP contribution < -0.4 is 0 Å². The van der Waals surface area contributed by atoms with Gasteiger partial charge in [-0.1, -0.05) is 32.6 Å². The fraction of sp³-hybridized carbons (Fsp3) is 0.727. The zero-order chi connectivity index (χ0) is 13.0. The summed E-state index contributed by atoms with van der Waals surface area (Å²) < 4.78 is 0. The minimum Gasteiger partial charge on any atom is -0.211 e. The quantitative estimate of drug-likeness (QED) is 0.349. The number of nitrogens with zero attached hydrogens (tertiary/aromatic N) is 3. The van der Waals surface area contributed by atoms with Crippen molar-refractivity contribution in [2.45, 2.75) is 51.2 Å². The lowest BCUT2D eigenvalue weighted by Gasteiger charge is -2.14. The summed E-state index contributed by atoms with van der Waals surface area (Å²) in [5.74, 6) is -1.70. The van der Waals surface area contributed by atoms with Gasteiger partial charge in [0.1, 0.15) is 0 Å². The van der Waals surface area contributed by atoms with Crippen molar-refractivity contribution in [3.8, 4) is 0 Å². The first-order valence-electron chi connectivity index (χ1n) is 5.51. The Morgan fingerprint density at radius 3 is 1.71 bits per heavy atom. The maximum absolute atomic E-state index is 10.2. The van der Waals surface area contributed by atoms with Crippen LogP contribution in [-0.2, 0) is 14.4 Å². The molecule has 0 radical (unpaired) electrons. The fourth-order valence-electron chi connectivity index (χ4n) is 1.43. The Morgan fingerprint density at radius 1 is 0.824 bits per heavy atom. The van der Waals surface area contributed by atoms with Crippen molar-refractivity contribution in [2.75, 3.05) is 0 Å². The van der Waals surface area contributed by atoms with Gasteiger partial charge in [0, 0.05) is 6.42 Å². The van der Waals surface area contributed by atoms with Gasteiger partial charge >= 0.3 is 0 Å². The van der Waals surface area contributed by atoms with E-state index in [2.05, 4.69) is 21.9 Å². The summed E-state index contributed by atoms with van der Waals surface area (Å²) in [5.41, 5.74) is 0. The van der Waals surface area contributed by atoms with E-state index in [0.29, 0.717) is 6.42 Å². The highest BCUT2D eigenvalue weighted by atomic mass is 16.1. The summed E-state index contributed by atoms with van der Waals surface area (Å²) in [4.78, 5) is 40.6. The van der Waals surface area contributed by atoms with Crippen molar-refractivity contribution >= 4 is 18.2 Å². The molecule has 0 heterocycles. The Morgan fingerprint density at radius 2 is 1.29 bits per heavy atom. The third-order valence-electron chi connectivity index (χ3n) is 2.29. The molecule has 0 aliphatic heterocycles. The van der Waals surface area contributed by atoms with Crippen LogP contribution in [0.5, 0.6) is 0 Å². The molecular weight excluding hydrogens is 222 g/mol. The van der Waals surface area contributed by atoms with Crippen molar-refractivity contribution in [1.29, 1.82) is 0 Å². The van der Waals surface area contributed by atoms with Crippen LogP contribution in [0.15, 0.2) is 15.0 Å². The molecular formula is C11H15N3O3. The van der Waals surface area contributed by atoms with Crippen LogP contribution in [0.3, 0.4) is 0 Å². The Labute approximate surface area is 99.6 Å². The number of hydrogen-bond acceptors (Lipinski definition) is 6.